The molecule has 0 spiro atoms. The van der Waals surface area contributed by atoms with E-state index in [9.17, 15) is 0 Å². The SMILES string of the molecule is CN1CCN(c2ncnc3ccc(-c4cccc5c4O[C@H](CN)C5)cc23)CC1. The molecule has 1 saturated heterocycles. The van der Waals surface area contributed by atoms with Gasteiger partial charge in [0.2, 0.25) is 0 Å². The molecule has 0 unspecified atom stereocenters. The van der Waals surface area contributed by atoms with Crippen LogP contribution in [0.25, 0.3) is 22.0 Å². The Bertz CT molecular complexity index is 1010. The number of hydrogen-bond donors (Lipinski definition) is 1. The van der Waals surface area contributed by atoms with E-state index in [2.05, 4.69) is 63.2 Å². The molecule has 0 saturated carbocycles. The van der Waals surface area contributed by atoms with Crippen LogP contribution in [0.1, 0.15) is 5.56 Å². The number of nitrogens with zero attached hydrogens (tertiary/aromatic N) is 4. The number of hydrogen-bond acceptors (Lipinski definition) is 6. The standard InChI is InChI=1S/C22H25N5O/c1-26-7-9-27(10-8-26)22-19-12-15(5-6-20(19)24-14-25-22)18-4-2-3-16-11-17(13-23)28-21(16)18/h2-6,12,14,17H,7-11,13,23H2,1H3/t17-/m0/s1. The largest absolute Gasteiger partial charge is 0.488 e. The molecule has 1 aromatic heterocycles. The van der Waals surface area contributed by atoms with Gasteiger partial charge in [-0.1, -0.05) is 24.3 Å². The zero-order valence-corrected chi connectivity index (χ0v) is 16.1. The summed E-state index contributed by atoms with van der Waals surface area (Å²) in [4.78, 5) is 13.8. The van der Waals surface area contributed by atoms with Gasteiger partial charge in [-0.05, 0) is 30.3 Å². The molecule has 2 aromatic carbocycles. The first kappa shape index (κ1) is 17.4. The number of rotatable bonds is 3. The summed E-state index contributed by atoms with van der Waals surface area (Å²) in [5.41, 5.74) is 10.3. The van der Waals surface area contributed by atoms with Crippen molar-refractivity contribution in [3.63, 3.8) is 0 Å². The minimum atomic E-state index is 0.0702. The zero-order chi connectivity index (χ0) is 19.1. The van der Waals surface area contributed by atoms with E-state index in [4.69, 9.17) is 10.5 Å². The molecule has 6 heteroatoms. The molecule has 2 aliphatic heterocycles. The third-order valence-electron chi connectivity index (χ3n) is 5.82. The van der Waals surface area contributed by atoms with Crippen LogP contribution in [-0.2, 0) is 6.42 Å². The lowest BCUT2D eigenvalue weighted by Crippen LogP contribution is -2.44. The average molecular weight is 375 g/mol. The number of para-hydroxylation sites is 1. The average Bonchev–Trinajstić information content (AvgIpc) is 3.17. The topological polar surface area (TPSA) is 67.5 Å². The molecule has 144 valence electrons. The van der Waals surface area contributed by atoms with Crippen molar-refractivity contribution in [1.29, 1.82) is 0 Å². The molecule has 0 bridgehead atoms. The van der Waals surface area contributed by atoms with Crippen molar-refractivity contribution in [2.24, 2.45) is 5.73 Å². The summed E-state index contributed by atoms with van der Waals surface area (Å²) < 4.78 is 6.14. The predicted octanol–water partition coefficient (Wildman–Crippen LogP) is 2.31. The van der Waals surface area contributed by atoms with Crippen molar-refractivity contribution in [2.75, 3.05) is 44.7 Å². The molecule has 1 atom stereocenters. The van der Waals surface area contributed by atoms with Crippen molar-refractivity contribution in [1.82, 2.24) is 14.9 Å². The second-order valence-electron chi connectivity index (χ2n) is 7.69. The fourth-order valence-corrected chi connectivity index (χ4v) is 4.18. The fourth-order valence-electron chi connectivity index (χ4n) is 4.18. The van der Waals surface area contributed by atoms with Gasteiger partial charge in [0.25, 0.3) is 0 Å². The van der Waals surface area contributed by atoms with Crippen LogP contribution in [-0.4, -0.2) is 60.7 Å². The molecule has 2 N–H and O–H groups in total. The van der Waals surface area contributed by atoms with E-state index < -0.39 is 0 Å². The highest BCUT2D eigenvalue weighted by Gasteiger charge is 2.25. The van der Waals surface area contributed by atoms with Gasteiger partial charge in [-0.25, -0.2) is 9.97 Å². The van der Waals surface area contributed by atoms with Crippen LogP contribution in [0.3, 0.4) is 0 Å². The summed E-state index contributed by atoms with van der Waals surface area (Å²) in [7, 11) is 2.16. The van der Waals surface area contributed by atoms with E-state index in [0.717, 1.165) is 66.2 Å². The minimum Gasteiger partial charge on any atom is -0.488 e. The molecule has 0 aliphatic carbocycles. The van der Waals surface area contributed by atoms with Gasteiger partial charge in [0, 0.05) is 50.1 Å². The highest BCUT2D eigenvalue weighted by Crippen LogP contribution is 2.40. The van der Waals surface area contributed by atoms with E-state index in [1.807, 2.05) is 0 Å². The van der Waals surface area contributed by atoms with Gasteiger partial charge in [0.05, 0.1) is 5.52 Å². The lowest BCUT2D eigenvalue weighted by atomic mass is 9.99. The van der Waals surface area contributed by atoms with Gasteiger partial charge >= 0.3 is 0 Å². The van der Waals surface area contributed by atoms with Crippen LogP contribution in [0.5, 0.6) is 5.75 Å². The normalized spacial score (nSPS) is 19.6. The quantitative estimate of drug-likeness (QED) is 0.758. The maximum atomic E-state index is 6.14. The number of piperazine rings is 1. The number of fused-ring (bicyclic) bond motifs is 2. The molecule has 0 radical (unpaired) electrons. The van der Waals surface area contributed by atoms with Crippen LogP contribution < -0.4 is 15.4 Å². The Hall–Kier alpha value is -2.70. The van der Waals surface area contributed by atoms with Crippen molar-refractivity contribution in [2.45, 2.75) is 12.5 Å². The van der Waals surface area contributed by atoms with Gasteiger partial charge in [-0.3, -0.25) is 0 Å². The second-order valence-corrected chi connectivity index (χ2v) is 7.69. The summed E-state index contributed by atoms with van der Waals surface area (Å²) in [6, 6.07) is 12.8. The lowest BCUT2D eigenvalue weighted by molar-refractivity contribution is 0.242. The second kappa shape index (κ2) is 7.04. The number of nitrogens with two attached hydrogens (primary N) is 1. The van der Waals surface area contributed by atoms with Gasteiger partial charge in [-0.15, -0.1) is 0 Å². The summed E-state index contributed by atoms with van der Waals surface area (Å²) in [6.45, 7) is 4.59. The van der Waals surface area contributed by atoms with Crippen molar-refractivity contribution in [3.8, 4) is 16.9 Å². The molecule has 28 heavy (non-hydrogen) atoms. The first-order valence-corrected chi connectivity index (χ1v) is 9.90. The zero-order valence-electron chi connectivity index (χ0n) is 16.1. The molecule has 2 aliphatic rings. The van der Waals surface area contributed by atoms with Crippen molar-refractivity contribution in [3.05, 3.63) is 48.3 Å². The summed E-state index contributed by atoms with van der Waals surface area (Å²) in [5, 5.41) is 1.09. The van der Waals surface area contributed by atoms with Crippen LogP contribution in [0.2, 0.25) is 0 Å². The Kier molecular flexibility index (Phi) is 4.37. The summed E-state index contributed by atoms with van der Waals surface area (Å²) in [6.07, 6.45) is 2.62. The molecule has 3 heterocycles. The summed E-state index contributed by atoms with van der Waals surface area (Å²) >= 11 is 0. The first-order chi connectivity index (χ1) is 13.7. The molecule has 5 rings (SSSR count). The number of anilines is 1. The van der Waals surface area contributed by atoms with Crippen LogP contribution in [0, 0.1) is 0 Å². The number of aromatic nitrogens is 2. The molecule has 6 nitrogen and oxygen atoms in total. The van der Waals surface area contributed by atoms with E-state index in [1.165, 1.54) is 5.56 Å². The van der Waals surface area contributed by atoms with Gasteiger partial charge in [0.1, 0.15) is 24.0 Å². The third kappa shape index (κ3) is 2.99. The fraction of sp³-hybridized carbons (Fsp3) is 0.364. The number of ether oxygens (including phenoxy) is 1. The number of benzene rings is 2. The molecule has 1 fully saturated rings. The monoisotopic (exact) mass is 375 g/mol. The first-order valence-electron chi connectivity index (χ1n) is 9.90. The van der Waals surface area contributed by atoms with Crippen LogP contribution >= 0.6 is 0 Å². The molecular formula is C22H25N5O. The molecule has 3 aromatic rings. The van der Waals surface area contributed by atoms with Crippen LogP contribution in [0.15, 0.2) is 42.7 Å². The molecular weight excluding hydrogens is 350 g/mol. The Morgan fingerprint density at radius 3 is 2.79 bits per heavy atom. The lowest BCUT2D eigenvalue weighted by Gasteiger charge is -2.33. The maximum absolute atomic E-state index is 6.14. The van der Waals surface area contributed by atoms with E-state index >= 15 is 0 Å². The Morgan fingerprint density at radius 1 is 1.11 bits per heavy atom. The van der Waals surface area contributed by atoms with Gasteiger partial charge in [0.15, 0.2) is 0 Å². The van der Waals surface area contributed by atoms with E-state index in [0.29, 0.717) is 6.54 Å². The molecule has 0 amide bonds. The smallest absolute Gasteiger partial charge is 0.139 e. The summed E-state index contributed by atoms with van der Waals surface area (Å²) in [5.74, 6) is 1.99. The van der Waals surface area contributed by atoms with Crippen molar-refractivity contribution < 1.29 is 4.74 Å². The highest BCUT2D eigenvalue weighted by atomic mass is 16.5. The number of likely N-dealkylation sites (N-methyl/N-ethyl adjacent to an activating group) is 1. The van der Waals surface area contributed by atoms with Crippen molar-refractivity contribution >= 4 is 16.7 Å². The van der Waals surface area contributed by atoms with E-state index in [1.54, 1.807) is 6.33 Å². The Labute approximate surface area is 164 Å². The maximum Gasteiger partial charge on any atom is 0.139 e. The Morgan fingerprint density at radius 2 is 1.96 bits per heavy atom. The van der Waals surface area contributed by atoms with E-state index in [-0.39, 0.29) is 6.10 Å². The predicted molar refractivity (Wildman–Crippen MR) is 112 cm³/mol. The van der Waals surface area contributed by atoms with Gasteiger partial charge in [-0.2, -0.15) is 0 Å². The Balaban J connectivity index is 1.58. The van der Waals surface area contributed by atoms with Crippen LogP contribution in [0.4, 0.5) is 5.82 Å². The minimum absolute atomic E-state index is 0.0702. The highest BCUT2D eigenvalue weighted by molar-refractivity contribution is 5.93. The van der Waals surface area contributed by atoms with Gasteiger partial charge < -0.3 is 20.3 Å². The third-order valence-corrected chi connectivity index (χ3v) is 5.82.